The van der Waals surface area contributed by atoms with Crippen LogP contribution in [-0.4, -0.2) is 62.3 Å². The number of aromatic nitrogens is 1. The molecule has 41 heavy (non-hydrogen) atoms. The number of thiazole rings is 1. The molecule has 3 aromatic rings. The van der Waals surface area contributed by atoms with Crippen LogP contribution in [0.15, 0.2) is 42.0 Å². The van der Waals surface area contributed by atoms with E-state index in [9.17, 15) is 19.5 Å². The number of amides is 1. The smallest absolute Gasteiger partial charge is 0.350 e. The molecular weight excluding hydrogens is 552 g/mol. The van der Waals surface area contributed by atoms with Crippen LogP contribution in [0.3, 0.4) is 0 Å². The topological polar surface area (TPSA) is 134 Å². The molecule has 0 aliphatic carbocycles. The van der Waals surface area contributed by atoms with Crippen molar-refractivity contribution >= 4 is 39.9 Å². The van der Waals surface area contributed by atoms with Gasteiger partial charge in [-0.05, 0) is 50.6 Å². The fraction of sp³-hybridized carbons (Fsp3) is 0.310. The fourth-order valence-corrected chi connectivity index (χ4v) is 5.52. The molecule has 0 bridgehead atoms. The van der Waals surface area contributed by atoms with E-state index in [1.807, 2.05) is 6.92 Å². The maximum Gasteiger partial charge on any atom is 0.350 e. The van der Waals surface area contributed by atoms with Gasteiger partial charge in [0.05, 0.1) is 51.9 Å². The third kappa shape index (κ3) is 5.42. The van der Waals surface area contributed by atoms with Crippen molar-refractivity contribution in [1.82, 2.24) is 4.98 Å². The summed E-state index contributed by atoms with van der Waals surface area (Å²) in [5, 5.41) is 11.6. The number of ether oxygens (including phenoxy) is 5. The van der Waals surface area contributed by atoms with Gasteiger partial charge in [0.1, 0.15) is 16.4 Å². The van der Waals surface area contributed by atoms with Gasteiger partial charge >= 0.3 is 11.9 Å². The lowest BCUT2D eigenvalue weighted by Crippen LogP contribution is -2.29. The highest BCUT2D eigenvalue weighted by Gasteiger charge is 2.49. The first-order valence-electron chi connectivity index (χ1n) is 12.7. The Balaban J connectivity index is 1.99. The molecule has 1 aliphatic rings. The molecule has 0 spiro atoms. The predicted molar refractivity (Wildman–Crippen MR) is 151 cm³/mol. The molecule has 1 atom stereocenters. The number of aliphatic hydroxyl groups excluding tert-OH is 1. The minimum Gasteiger partial charge on any atom is -0.507 e. The maximum atomic E-state index is 13.6. The van der Waals surface area contributed by atoms with E-state index in [1.54, 1.807) is 50.2 Å². The van der Waals surface area contributed by atoms with Crippen molar-refractivity contribution in [1.29, 1.82) is 0 Å². The van der Waals surface area contributed by atoms with Crippen LogP contribution < -0.4 is 23.8 Å². The van der Waals surface area contributed by atoms with Crippen LogP contribution in [0.4, 0.5) is 5.13 Å². The van der Waals surface area contributed by atoms with Gasteiger partial charge in [0.15, 0.2) is 16.6 Å². The minimum absolute atomic E-state index is 0.0773. The fourth-order valence-electron chi connectivity index (χ4n) is 4.53. The van der Waals surface area contributed by atoms with E-state index < -0.39 is 29.5 Å². The Morgan fingerprint density at radius 2 is 1.71 bits per heavy atom. The summed E-state index contributed by atoms with van der Waals surface area (Å²) in [6.07, 6.45) is 0. The second-order valence-electron chi connectivity index (χ2n) is 8.72. The number of esters is 1. The van der Waals surface area contributed by atoms with Crippen LogP contribution in [0.1, 0.15) is 46.4 Å². The average Bonchev–Trinajstić information content (AvgIpc) is 3.48. The molecule has 1 unspecified atom stereocenters. The number of rotatable bonds is 10. The minimum atomic E-state index is -1.17. The molecule has 12 heteroatoms. The number of nitrogens with zero attached hydrogens (tertiary/aromatic N) is 2. The van der Waals surface area contributed by atoms with Crippen molar-refractivity contribution in [3.63, 3.8) is 0 Å². The first-order valence-corrected chi connectivity index (χ1v) is 13.5. The van der Waals surface area contributed by atoms with Gasteiger partial charge in [-0.1, -0.05) is 23.5 Å². The number of methoxy groups -OCH3 is 3. The number of Topliss-reactive ketones (excluding diaryl/α,β-unsaturated/α-hetero) is 1. The highest BCUT2D eigenvalue weighted by molar-refractivity contribution is 7.17. The lowest BCUT2D eigenvalue weighted by molar-refractivity contribution is -0.132. The predicted octanol–water partition coefficient (Wildman–Crippen LogP) is 4.68. The Bertz CT molecular complexity index is 1500. The summed E-state index contributed by atoms with van der Waals surface area (Å²) in [7, 11) is 4.33. The van der Waals surface area contributed by atoms with Crippen LogP contribution in [0.25, 0.3) is 5.76 Å². The first kappa shape index (κ1) is 29.4. The third-order valence-corrected chi connectivity index (χ3v) is 7.45. The zero-order valence-electron chi connectivity index (χ0n) is 23.5. The van der Waals surface area contributed by atoms with E-state index in [-0.39, 0.29) is 39.3 Å². The van der Waals surface area contributed by atoms with Crippen molar-refractivity contribution in [3.8, 4) is 23.0 Å². The number of carbonyl (C=O) groups is 3. The van der Waals surface area contributed by atoms with E-state index in [2.05, 4.69) is 4.98 Å². The summed E-state index contributed by atoms with van der Waals surface area (Å²) in [4.78, 5) is 45.6. The number of hydrogen-bond donors (Lipinski definition) is 1. The van der Waals surface area contributed by atoms with Crippen LogP contribution >= 0.6 is 11.3 Å². The quantitative estimate of drug-likeness (QED) is 0.155. The van der Waals surface area contributed by atoms with Gasteiger partial charge in [-0.25, -0.2) is 9.78 Å². The number of anilines is 1. The highest BCUT2D eigenvalue weighted by Crippen LogP contribution is 2.48. The van der Waals surface area contributed by atoms with Crippen LogP contribution in [0.5, 0.6) is 23.0 Å². The van der Waals surface area contributed by atoms with Crippen molar-refractivity contribution in [2.75, 3.05) is 39.4 Å². The molecule has 1 fully saturated rings. The van der Waals surface area contributed by atoms with Crippen molar-refractivity contribution in [2.24, 2.45) is 0 Å². The first-order chi connectivity index (χ1) is 19.7. The van der Waals surface area contributed by atoms with Gasteiger partial charge in [-0.15, -0.1) is 0 Å². The number of aliphatic hydroxyl groups is 1. The van der Waals surface area contributed by atoms with Gasteiger partial charge < -0.3 is 28.8 Å². The third-order valence-electron chi connectivity index (χ3n) is 6.32. The number of hydrogen-bond acceptors (Lipinski definition) is 11. The van der Waals surface area contributed by atoms with E-state index in [0.717, 1.165) is 16.2 Å². The Kier molecular flexibility index (Phi) is 8.82. The summed E-state index contributed by atoms with van der Waals surface area (Å²) in [5.74, 6) is -1.56. The average molecular weight is 583 g/mol. The van der Waals surface area contributed by atoms with Gasteiger partial charge in [0.2, 0.25) is 5.75 Å². The zero-order chi connectivity index (χ0) is 29.8. The molecule has 0 radical (unpaired) electrons. The molecule has 1 aromatic heterocycles. The summed E-state index contributed by atoms with van der Waals surface area (Å²) in [6, 6.07) is 8.56. The van der Waals surface area contributed by atoms with Gasteiger partial charge in [-0.2, -0.15) is 0 Å². The number of ketones is 1. The van der Waals surface area contributed by atoms with Crippen LogP contribution in [0.2, 0.25) is 0 Å². The number of benzene rings is 2. The molecule has 1 N–H and O–H groups in total. The highest BCUT2D eigenvalue weighted by atomic mass is 32.1. The normalized spacial score (nSPS) is 16.0. The molecule has 216 valence electrons. The molecular formula is C29H30N2O9S. The number of aryl methyl sites for hydroxylation is 1. The maximum absolute atomic E-state index is 13.6. The van der Waals surface area contributed by atoms with E-state index in [4.69, 9.17) is 23.7 Å². The standard InChI is InChI=1S/C29H30N2O9S/c1-7-39-18-11-9-10-16(12-18)23(32)21-22(17-13-19(36-4)25(38-6)20(14-17)37-5)31(27(34)24(21)33)29-30-15(3)26(41-29)28(35)40-8-2/h9-14,22,32H,7-8H2,1-6H3. The van der Waals surface area contributed by atoms with Gasteiger partial charge in [0.25, 0.3) is 5.78 Å². The SMILES string of the molecule is CCOC(=O)c1sc(N2C(=O)C(=O)C(=C(O)c3cccc(OCC)c3)C2c2cc(OC)c(OC)c(OC)c2)nc1C. The van der Waals surface area contributed by atoms with Crippen molar-refractivity contribution in [3.05, 3.63) is 63.7 Å². The Labute approximate surface area is 240 Å². The molecule has 4 rings (SSSR count). The summed E-state index contributed by atoms with van der Waals surface area (Å²) in [6.45, 7) is 5.66. The molecule has 11 nitrogen and oxygen atoms in total. The lowest BCUT2D eigenvalue weighted by atomic mass is 9.94. The molecule has 0 saturated carbocycles. The van der Waals surface area contributed by atoms with Gasteiger partial charge in [0, 0.05) is 5.56 Å². The lowest BCUT2D eigenvalue weighted by Gasteiger charge is -2.24. The number of carbonyl (C=O) groups excluding carboxylic acids is 3. The zero-order valence-corrected chi connectivity index (χ0v) is 24.3. The second kappa shape index (κ2) is 12.3. The molecule has 1 amide bonds. The monoisotopic (exact) mass is 582 g/mol. The molecule has 1 saturated heterocycles. The second-order valence-corrected chi connectivity index (χ2v) is 9.70. The molecule has 2 aromatic carbocycles. The summed E-state index contributed by atoms with van der Waals surface area (Å²) >= 11 is 0.911. The van der Waals surface area contributed by atoms with Crippen molar-refractivity contribution < 1.29 is 43.2 Å². The van der Waals surface area contributed by atoms with Crippen molar-refractivity contribution in [2.45, 2.75) is 26.8 Å². The molecule has 2 heterocycles. The summed E-state index contributed by atoms with van der Waals surface area (Å²) < 4.78 is 27.2. The summed E-state index contributed by atoms with van der Waals surface area (Å²) in [5.41, 5.74) is 0.780. The Morgan fingerprint density at radius 3 is 2.29 bits per heavy atom. The Hall–Kier alpha value is -4.58. The van der Waals surface area contributed by atoms with E-state index in [0.29, 0.717) is 29.4 Å². The van der Waals surface area contributed by atoms with E-state index in [1.165, 1.54) is 21.3 Å². The Morgan fingerprint density at radius 1 is 1.02 bits per heavy atom. The molecule has 1 aliphatic heterocycles. The van der Waals surface area contributed by atoms with Crippen LogP contribution in [-0.2, 0) is 14.3 Å². The van der Waals surface area contributed by atoms with Gasteiger partial charge in [-0.3, -0.25) is 14.5 Å². The van der Waals surface area contributed by atoms with E-state index >= 15 is 0 Å². The van der Waals surface area contributed by atoms with Crippen LogP contribution in [0, 0.1) is 6.92 Å². The largest absolute Gasteiger partial charge is 0.507 e.